The van der Waals surface area contributed by atoms with Crippen molar-refractivity contribution in [3.05, 3.63) is 52.3 Å². The van der Waals surface area contributed by atoms with E-state index >= 15 is 0 Å². The fraction of sp³-hybridized carbons (Fsp3) is 0.474. The second-order valence-electron chi connectivity index (χ2n) is 6.75. The lowest BCUT2D eigenvalue weighted by Gasteiger charge is -2.20. The van der Waals surface area contributed by atoms with Crippen LogP contribution in [0.4, 0.5) is 0 Å². The third-order valence-corrected chi connectivity index (χ3v) is 5.43. The summed E-state index contributed by atoms with van der Waals surface area (Å²) in [5.74, 6) is 0.870. The third kappa shape index (κ3) is 5.45. The molecular formula is C19H27BrIN5. The molecule has 1 aromatic carbocycles. The average Bonchev–Trinajstić information content (AvgIpc) is 3.29. The number of aliphatic imine (C=N–C) groups is 1. The molecular weight excluding hydrogens is 505 g/mol. The largest absolute Gasteiger partial charge is 0.356 e. The minimum Gasteiger partial charge on any atom is -0.356 e. The van der Waals surface area contributed by atoms with E-state index < -0.39 is 0 Å². The van der Waals surface area contributed by atoms with Crippen LogP contribution in [0.25, 0.3) is 0 Å². The van der Waals surface area contributed by atoms with Crippen molar-refractivity contribution in [1.82, 2.24) is 20.4 Å². The predicted molar refractivity (Wildman–Crippen MR) is 121 cm³/mol. The number of nitrogens with zero attached hydrogens (tertiary/aromatic N) is 3. The van der Waals surface area contributed by atoms with Crippen molar-refractivity contribution in [3.8, 4) is 0 Å². The van der Waals surface area contributed by atoms with Gasteiger partial charge in [0.2, 0.25) is 0 Å². The smallest absolute Gasteiger partial charge is 0.191 e. The van der Waals surface area contributed by atoms with Crippen molar-refractivity contribution in [1.29, 1.82) is 0 Å². The van der Waals surface area contributed by atoms with Gasteiger partial charge in [0, 0.05) is 42.8 Å². The average molecular weight is 532 g/mol. The summed E-state index contributed by atoms with van der Waals surface area (Å²) in [5, 5.41) is 11.2. The molecule has 1 aromatic heterocycles. The van der Waals surface area contributed by atoms with E-state index in [0.29, 0.717) is 0 Å². The Morgan fingerprint density at radius 1 is 1.31 bits per heavy atom. The summed E-state index contributed by atoms with van der Waals surface area (Å²) in [5.41, 5.74) is 2.84. The van der Waals surface area contributed by atoms with E-state index in [9.17, 15) is 0 Å². The van der Waals surface area contributed by atoms with Gasteiger partial charge in [0.05, 0.1) is 6.20 Å². The molecule has 0 saturated heterocycles. The summed E-state index contributed by atoms with van der Waals surface area (Å²) in [4.78, 5) is 4.34. The number of hydrogen-bond acceptors (Lipinski definition) is 2. The Hall–Kier alpha value is -1.09. The molecule has 0 spiro atoms. The molecule has 0 unspecified atom stereocenters. The summed E-state index contributed by atoms with van der Waals surface area (Å²) in [6.07, 6.45) is 7.42. The van der Waals surface area contributed by atoms with E-state index in [1.165, 1.54) is 28.4 Å². The molecule has 0 atom stereocenters. The van der Waals surface area contributed by atoms with Crippen LogP contribution in [0.1, 0.15) is 30.4 Å². The fourth-order valence-electron chi connectivity index (χ4n) is 3.09. The Balaban J connectivity index is 0.00000243. The van der Waals surface area contributed by atoms with Crippen molar-refractivity contribution in [2.45, 2.75) is 38.1 Å². The lowest BCUT2D eigenvalue weighted by Crippen LogP contribution is -2.41. The minimum absolute atomic E-state index is 0. The molecule has 2 aromatic rings. The molecule has 26 heavy (non-hydrogen) atoms. The highest BCUT2D eigenvalue weighted by molar-refractivity contribution is 14.0. The quantitative estimate of drug-likeness (QED) is 0.247. The van der Waals surface area contributed by atoms with Gasteiger partial charge in [-0.1, -0.05) is 34.1 Å². The molecule has 0 amide bonds. The maximum atomic E-state index is 4.34. The number of hydrogen-bond donors (Lipinski definition) is 2. The van der Waals surface area contributed by atoms with Crippen LogP contribution in [0, 0.1) is 6.92 Å². The van der Waals surface area contributed by atoms with E-state index in [-0.39, 0.29) is 29.4 Å². The molecule has 0 bridgehead atoms. The lowest BCUT2D eigenvalue weighted by molar-refractivity contribution is 0.567. The SMILES string of the molecule is CN=C(NCCCn1cc(C)cn1)NCC1(c2ccccc2Br)CC1.I. The number of halogens is 2. The molecule has 1 saturated carbocycles. The Kier molecular flexibility index (Phi) is 7.94. The van der Waals surface area contributed by atoms with Gasteiger partial charge in [-0.15, -0.1) is 24.0 Å². The summed E-state index contributed by atoms with van der Waals surface area (Å²) >= 11 is 3.69. The first-order chi connectivity index (χ1) is 12.1. The van der Waals surface area contributed by atoms with Crippen LogP contribution in [0.3, 0.4) is 0 Å². The first kappa shape index (κ1) is 21.2. The van der Waals surface area contributed by atoms with Crippen molar-refractivity contribution < 1.29 is 0 Å². The van der Waals surface area contributed by atoms with Crippen LogP contribution in [0.5, 0.6) is 0 Å². The summed E-state index contributed by atoms with van der Waals surface area (Å²) in [6, 6.07) is 8.53. The molecule has 0 radical (unpaired) electrons. The first-order valence-electron chi connectivity index (χ1n) is 8.81. The first-order valence-corrected chi connectivity index (χ1v) is 9.61. The molecule has 5 nitrogen and oxygen atoms in total. The van der Waals surface area contributed by atoms with Crippen LogP contribution in [-0.2, 0) is 12.0 Å². The minimum atomic E-state index is 0. The normalized spacial score (nSPS) is 15.3. The third-order valence-electron chi connectivity index (χ3n) is 4.74. The highest BCUT2D eigenvalue weighted by Gasteiger charge is 2.45. The number of guanidine groups is 1. The zero-order chi connectivity index (χ0) is 17.7. The molecule has 3 rings (SSSR count). The second-order valence-corrected chi connectivity index (χ2v) is 7.60. The van der Waals surface area contributed by atoms with Crippen LogP contribution < -0.4 is 10.6 Å². The van der Waals surface area contributed by atoms with Gasteiger partial charge in [0.25, 0.3) is 0 Å². The van der Waals surface area contributed by atoms with E-state index in [2.05, 4.69) is 74.0 Å². The molecule has 1 aliphatic rings. The van der Waals surface area contributed by atoms with Gasteiger partial charge < -0.3 is 10.6 Å². The van der Waals surface area contributed by atoms with Gasteiger partial charge >= 0.3 is 0 Å². The number of benzene rings is 1. The van der Waals surface area contributed by atoms with Gasteiger partial charge in [-0.3, -0.25) is 9.67 Å². The Morgan fingerprint density at radius 2 is 2.08 bits per heavy atom. The second kappa shape index (κ2) is 9.73. The molecule has 1 heterocycles. The number of rotatable bonds is 7. The lowest BCUT2D eigenvalue weighted by atomic mass is 9.96. The maximum absolute atomic E-state index is 4.34. The molecule has 1 fully saturated rings. The van der Waals surface area contributed by atoms with E-state index in [1.807, 2.05) is 17.9 Å². The Morgan fingerprint density at radius 3 is 2.69 bits per heavy atom. The van der Waals surface area contributed by atoms with Gasteiger partial charge in [0.1, 0.15) is 0 Å². The maximum Gasteiger partial charge on any atom is 0.191 e. The van der Waals surface area contributed by atoms with Gasteiger partial charge in [0.15, 0.2) is 5.96 Å². The Bertz CT molecular complexity index is 739. The summed E-state index contributed by atoms with van der Waals surface area (Å²) in [6.45, 7) is 4.76. The van der Waals surface area contributed by atoms with Gasteiger partial charge in [-0.05, 0) is 43.4 Å². The predicted octanol–water partition coefficient (Wildman–Crippen LogP) is 3.86. The van der Waals surface area contributed by atoms with Crippen LogP contribution in [0.15, 0.2) is 46.1 Å². The van der Waals surface area contributed by atoms with Crippen molar-refractivity contribution in [2.24, 2.45) is 4.99 Å². The topological polar surface area (TPSA) is 54.2 Å². The number of aromatic nitrogens is 2. The van der Waals surface area contributed by atoms with Crippen LogP contribution in [-0.4, -0.2) is 35.9 Å². The van der Waals surface area contributed by atoms with Crippen LogP contribution >= 0.6 is 39.9 Å². The molecule has 0 aliphatic heterocycles. The Labute approximate surface area is 181 Å². The standard InChI is InChI=1S/C19H26BrN5.HI/c1-15-12-24-25(13-15)11-5-10-22-18(21-2)23-14-19(8-9-19)16-6-3-4-7-17(16)20;/h3-4,6-7,12-13H,5,8-11,14H2,1-2H3,(H2,21,22,23);1H. The molecule has 142 valence electrons. The van der Waals surface area contributed by atoms with Crippen molar-refractivity contribution >= 4 is 45.9 Å². The zero-order valence-corrected chi connectivity index (χ0v) is 19.3. The number of nitrogens with one attached hydrogen (secondary N) is 2. The van der Waals surface area contributed by atoms with Gasteiger partial charge in [-0.2, -0.15) is 5.10 Å². The van der Waals surface area contributed by atoms with E-state index in [0.717, 1.165) is 32.0 Å². The summed E-state index contributed by atoms with van der Waals surface area (Å²) in [7, 11) is 1.82. The van der Waals surface area contributed by atoms with E-state index in [1.54, 1.807) is 0 Å². The van der Waals surface area contributed by atoms with Gasteiger partial charge in [-0.25, -0.2) is 0 Å². The highest BCUT2D eigenvalue weighted by Crippen LogP contribution is 2.49. The van der Waals surface area contributed by atoms with Crippen molar-refractivity contribution in [3.63, 3.8) is 0 Å². The molecule has 7 heteroatoms. The molecule has 2 N–H and O–H groups in total. The van der Waals surface area contributed by atoms with Crippen LogP contribution in [0.2, 0.25) is 0 Å². The molecule has 1 aliphatic carbocycles. The highest BCUT2D eigenvalue weighted by atomic mass is 127. The zero-order valence-electron chi connectivity index (χ0n) is 15.3. The summed E-state index contributed by atoms with van der Waals surface area (Å²) < 4.78 is 3.19. The van der Waals surface area contributed by atoms with E-state index in [4.69, 9.17) is 0 Å². The van der Waals surface area contributed by atoms with Crippen molar-refractivity contribution in [2.75, 3.05) is 20.1 Å². The fourth-order valence-corrected chi connectivity index (χ4v) is 3.80. The number of aryl methyl sites for hydroxylation is 2. The monoisotopic (exact) mass is 531 g/mol.